The summed E-state index contributed by atoms with van der Waals surface area (Å²) >= 11 is 12.2. The second kappa shape index (κ2) is 48.1. The Morgan fingerprint density at radius 1 is 0.625 bits per heavy atom. The molecule has 0 aliphatic carbocycles. The quantitative estimate of drug-likeness (QED) is 0.00826. The van der Waals surface area contributed by atoms with E-state index in [9.17, 15) is 126 Å². The Balaban J connectivity index is 1.42. The zero-order chi connectivity index (χ0) is 95.1. The van der Waals surface area contributed by atoms with Gasteiger partial charge in [-0.3, -0.25) is 91.1 Å². The van der Waals surface area contributed by atoms with Crippen molar-refractivity contribution in [1.29, 1.82) is 0 Å². The number of nitrogens with one attached hydrogen (secondary N) is 15. The van der Waals surface area contributed by atoms with Gasteiger partial charge in [-0.05, 0) is 100 Å². The van der Waals surface area contributed by atoms with Crippen LogP contribution in [0.5, 0.6) is 0 Å². The number of rotatable bonds is 32. The van der Waals surface area contributed by atoms with E-state index >= 15 is 0 Å². The summed E-state index contributed by atoms with van der Waals surface area (Å²) in [4.78, 5) is 293. The molecule has 128 heavy (non-hydrogen) atoms. The first kappa shape index (κ1) is 102. The molecule has 13 atom stereocenters. The molecule has 2 aromatic heterocycles. The molecule has 1 aliphatic rings. The van der Waals surface area contributed by atoms with Crippen molar-refractivity contribution in [3.8, 4) is 0 Å². The van der Waals surface area contributed by atoms with Crippen LogP contribution in [0.4, 0.5) is 10.5 Å². The number of alkyl carbamates (subject to hydrolysis) is 1. The number of tetrazole rings is 1. The Bertz CT molecular complexity index is 5020. The molecule has 51 heteroatoms. The molecule has 0 bridgehead atoms. The van der Waals surface area contributed by atoms with E-state index in [1.54, 1.807) is 36.4 Å². The number of amides is 15. The molecule has 1 aliphatic heterocycles. The van der Waals surface area contributed by atoms with Gasteiger partial charge in [0.1, 0.15) is 78.2 Å². The van der Waals surface area contributed by atoms with Gasteiger partial charge in [0.25, 0.3) is 0 Å². The molecule has 3 heterocycles. The van der Waals surface area contributed by atoms with Gasteiger partial charge >= 0.3 is 35.9 Å². The smallest absolute Gasteiger partial charge is 0.407 e. The molecule has 13 unspecified atom stereocenters. The Morgan fingerprint density at radius 3 is 1.82 bits per heavy atom. The molecular weight excluding hydrogens is 1740 g/mol. The Kier molecular flexibility index (Phi) is 38.4. The summed E-state index contributed by atoms with van der Waals surface area (Å²) in [5.74, 6) is -31.3. The van der Waals surface area contributed by atoms with Crippen molar-refractivity contribution < 1.29 is 136 Å². The fraction of sp³-hybridized carbons (Fsp3) is 0.455. The van der Waals surface area contributed by atoms with Crippen LogP contribution in [0.3, 0.4) is 0 Å². The van der Waals surface area contributed by atoms with Gasteiger partial charge in [-0.15, -0.1) is 10.2 Å². The number of H-pyrrole nitrogens is 1. The Morgan fingerprint density at radius 2 is 1.20 bits per heavy atom. The predicted octanol–water partition coefficient (Wildman–Crippen LogP) is -5.61. The number of carbonyl (C=O) groups is 21. The summed E-state index contributed by atoms with van der Waals surface area (Å²) in [6.45, 7) is 3.25. The molecule has 15 amide bonds. The third-order valence-electron chi connectivity index (χ3n) is 18.6. The number of anilines is 1. The third-order valence-corrected chi connectivity index (χ3v) is 19.4. The first-order valence-corrected chi connectivity index (χ1v) is 39.9. The highest BCUT2D eigenvalue weighted by atomic mass is 35.5. The van der Waals surface area contributed by atoms with E-state index in [1.165, 1.54) is 57.3 Å². The lowest BCUT2D eigenvalue weighted by Crippen LogP contribution is -2.62. The van der Waals surface area contributed by atoms with Gasteiger partial charge in [0.05, 0.1) is 74.8 Å². The van der Waals surface area contributed by atoms with E-state index in [1.807, 2.05) is 16.0 Å². The van der Waals surface area contributed by atoms with E-state index in [2.05, 4.69) is 78.9 Å². The van der Waals surface area contributed by atoms with Crippen molar-refractivity contribution in [2.75, 3.05) is 32.0 Å². The van der Waals surface area contributed by atoms with Crippen LogP contribution in [0.2, 0.25) is 10.0 Å². The monoisotopic (exact) mass is 1830 g/mol. The van der Waals surface area contributed by atoms with Gasteiger partial charge in [0.2, 0.25) is 82.7 Å². The number of aliphatic hydroxyl groups excluding tert-OH is 1. The number of aliphatic carboxylic acids is 4. The molecule has 5 aromatic rings. The number of ketones is 1. The minimum Gasteiger partial charge on any atom is -0.481 e. The van der Waals surface area contributed by atoms with Crippen LogP contribution in [0.25, 0.3) is 10.9 Å². The zero-order valence-electron chi connectivity index (χ0n) is 69.4. The van der Waals surface area contributed by atoms with E-state index in [0.717, 1.165) is 25.6 Å². The lowest BCUT2D eigenvalue weighted by molar-refractivity contribution is -0.156. The predicted molar refractivity (Wildman–Crippen MR) is 440 cm³/mol. The number of aromatic nitrogens is 5. The summed E-state index contributed by atoms with van der Waals surface area (Å²) < 4.78 is 10.9. The minimum atomic E-state index is -2.53. The fourth-order valence-corrected chi connectivity index (χ4v) is 12.6. The third kappa shape index (κ3) is 33.2. The summed E-state index contributed by atoms with van der Waals surface area (Å²) in [5.41, 5.74) is 11.7. The number of cyclic esters (lactones) is 1. The second-order valence-electron chi connectivity index (χ2n) is 30.2. The van der Waals surface area contributed by atoms with E-state index in [4.69, 9.17) is 44.1 Å². The number of esters is 1. The number of hydrogen-bond donors (Lipinski definition) is 22. The molecule has 6 rings (SSSR count). The number of nitrogens with zero attached hydrogens (tertiary/aromatic N) is 4. The molecule has 0 saturated carbocycles. The lowest BCUT2D eigenvalue weighted by atomic mass is 9.96. The number of aliphatic hydroxyl groups is 1. The van der Waals surface area contributed by atoms with Crippen LogP contribution in [0.15, 0.2) is 72.9 Å². The number of primary amides is 1. The normalized spacial score (nSPS) is 20.3. The second-order valence-corrected chi connectivity index (χ2v) is 31.0. The van der Waals surface area contributed by atoms with Crippen molar-refractivity contribution in [3.63, 3.8) is 0 Å². The maximum atomic E-state index is 15.0. The van der Waals surface area contributed by atoms with E-state index in [-0.39, 0.29) is 53.1 Å². The Hall–Kier alpha value is -14.5. The lowest BCUT2D eigenvalue weighted by Gasteiger charge is -2.30. The number of fused-ring (bicyclic) bond motifs is 1. The van der Waals surface area contributed by atoms with Crippen molar-refractivity contribution in [1.82, 2.24) is 99.6 Å². The molecule has 3 aromatic carbocycles. The number of aromatic amines is 1. The van der Waals surface area contributed by atoms with E-state index < -0.39 is 280 Å². The zero-order valence-corrected chi connectivity index (χ0v) is 70.9. The minimum absolute atomic E-state index is 0.0107. The summed E-state index contributed by atoms with van der Waals surface area (Å²) in [5, 5.41) is 93.6. The molecule has 0 spiro atoms. The number of benzene rings is 3. The van der Waals surface area contributed by atoms with Crippen LogP contribution in [0, 0.1) is 5.92 Å². The van der Waals surface area contributed by atoms with Crippen molar-refractivity contribution in [2.24, 2.45) is 11.7 Å². The van der Waals surface area contributed by atoms with Crippen molar-refractivity contribution in [2.45, 2.75) is 190 Å². The number of halogens is 2. The topological polar surface area (TPSA) is 758 Å². The van der Waals surface area contributed by atoms with Gasteiger partial charge < -0.3 is 126 Å². The van der Waals surface area contributed by atoms with Crippen LogP contribution >= 0.6 is 23.2 Å². The average Bonchev–Trinajstić information content (AvgIpc) is 1.57. The number of nitrogens with two attached hydrogens (primary N) is 2. The summed E-state index contributed by atoms with van der Waals surface area (Å²) in [6, 6.07) is -7.11. The number of ether oxygens (including phenoxy) is 2. The number of carbonyl (C=O) groups excluding carboxylic acids is 17. The van der Waals surface area contributed by atoms with Gasteiger partial charge in [-0.25, -0.2) is 9.59 Å². The molecule has 692 valence electrons. The number of para-hydroxylation sites is 2. The molecule has 49 nitrogen and oxygen atoms in total. The van der Waals surface area contributed by atoms with Gasteiger partial charge in [-0.1, -0.05) is 66.5 Å². The molecule has 0 radical (unpaired) electrons. The number of hydrogen-bond acceptors (Lipinski definition) is 28. The first-order chi connectivity index (χ1) is 60.2. The molecular formula is C77H97Cl2N21O28. The molecule has 1 fully saturated rings. The maximum Gasteiger partial charge on any atom is 0.407 e. The fourth-order valence-electron chi connectivity index (χ4n) is 12.3. The highest BCUT2D eigenvalue weighted by Crippen LogP contribution is 2.24. The maximum absolute atomic E-state index is 15.0. The number of carboxylic acid groups (broad SMARTS) is 4. The van der Waals surface area contributed by atoms with Crippen molar-refractivity contribution in [3.05, 3.63) is 105 Å². The van der Waals surface area contributed by atoms with Crippen LogP contribution in [-0.4, -0.2) is 280 Å². The average molecular weight is 1840 g/mol. The van der Waals surface area contributed by atoms with Gasteiger partial charge in [-0.2, -0.15) is 4.80 Å². The largest absolute Gasteiger partial charge is 0.481 e. The first-order valence-electron chi connectivity index (χ1n) is 39.1. The summed E-state index contributed by atoms with van der Waals surface area (Å²) in [6.07, 6.45) is -10.9. The standard InChI is InChI=1S/C77H97Cl2N21O28/c1-34(20-59(107)108)63-74(124)94-51(23-53(102)40-13-7-9-14-43(40)80)75(125)127-36(3)64(96-71(121)50(27-62(113)114)93-70(120)47(24-54(81)103)91-69(119)46(22-38-29-83-44-15-10-8-12-39(38)44)88-56(104)28-55-97-99-100(98-55)32-37-17-18-41(78)42(79)21-37)73(123)85-31-57(105)87-45(16-11-19-82-76(126)128-77(4,5)6)67(117)92-49(26-61(111)112)68(118)86-35(2)65(115)90-48(25-60(109)110)66(116)84-30-58(106)89-52(33-101)72(122)95-63/h7-10,12-15,17-18,21,29,34-36,45-52,63-64,83,101H,11,16,19-20,22-28,30-33,80H2,1-6H3,(H2,81,103)(H,82,126)(H,84,116)(H,85,123)(H,86,118)(H,87,105)(H,88,104)(H,89,106)(H,90,115)(H,91,119)(H,92,117)(H,93,120)(H,94,124)(H,95,122)(H,96,121)(H,107,108)(H,109,110)(H,111,112)(H,113,114). The number of Topliss-reactive ketones (excluding diaryl/α,β-unsaturated/α-hetero) is 1. The van der Waals surface area contributed by atoms with Gasteiger partial charge in [0, 0.05) is 47.7 Å². The van der Waals surface area contributed by atoms with Crippen molar-refractivity contribution >= 4 is 164 Å². The van der Waals surface area contributed by atoms with Crippen LogP contribution in [-0.2, 0) is 120 Å². The Labute approximate surface area is 735 Å². The van der Waals surface area contributed by atoms with E-state index in [0.29, 0.717) is 22.0 Å². The molecule has 24 N–H and O–H groups in total. The summed E-state index contributed by atoms with van der Waals surface area (Å²) in [7, 11) is 0. The highest BCUT2D eigenvalue weighted by Gasteiger charge is 2.42. The number of nitrogen functional groups attached to an aromatic ring is 1. The van der Waals surface area contributed by atoms with Gasteiger partial charge in [0.15, 0.2) is 11.6 Å². The SMILES string of the molecule is CC1NC(=O)C(CC(=O)O)NC(=O)C(CCCNC(=O)OC(C)(C)C)NC(=O)CNC(=O)C(NC(=O)C(CC(=O)O)NC(=O)C(CC(N)=O)NC(=O)C(Cc2c[nH]c3ccccc23)NC(=O)Cc2nnn(Cc3ccc(Cl)c(Cl)c3)n2)C(C)OC(=O)C(CC(=O)c2ccccc2N)NC(=O)C(C(C)CC(=O)O)NC(=O)C(CO)NC(=O)CNC(=O)C(CC(=O)O)NC1=O. The van der Waals surface area contributed by atoms with Crippen LogP contribution in [0.1, 0.15) is 120 Å². The van der Waals surface area contributed by atoms with Crippen LogP contribution < -0.4 is 85.9 Å². The number of carboxylic acids is 4. The molecule has 1 saturated heterocycles. The highest BCUT2D eigenvalue weighted by molar-refractivity contribution is 6.42.